The van der Waals surface area contributed by atoms with E-state index in [9.17, 15) is 0 Å². The average Bonchev–Trinajstić information content (AvgIpc) is 2.49. The van der Waals surface area contributed by atoms with Crippen LogP contribution in [-0.2, 0) is 0 Å². The third kappa shape index (κ3) is 2.12. The van der Waals surface area contributed by atoms with Crippen LogP contribution in [0, 0.1) is 6.92 Å². The van der Waals surface area contributed by atoms with E-state index in [1.807, 2.05) is 13.0 Å². The third-order valence-electron chi connectivity index (χ3n) is 1.93. The maximum absolute atomic E-state index is 6.05. The fourth-order valence-electron chi connectivity index (χ4n) is 1.29. The molecule has 1 aromatic carbocycles. The summed E-state index contributed by atoms with van der Waals surface area (Å²) in [5.41, 5.74) is 1.55. The van der Waals surface area contributed by atoms with Crippen LogP contribution in [-0.4, -0.2) is 9.78 Å². The van der Waals surface area contributed by atoms with Gasteiger partial charge >= 0.3 is 0 Å². The predicted molar refractivity (Wildman–Crippen MR) is 63.3 cm³/mol. The van der Waals surface area contributed by atoms with E-state index in [1.54, 1.807) is 23.0 Å². The maximum Gasteiger partial charge on any atom is 0.102 e. The van der Waals surface area contributed by atoms with E-state index in [-0.39, 0.29) is 0 Å². The van der Waals surface area contributed by atoms with Crippen LogP contribution >= 0.6 is 34.8 Å². The molecule has 0 bridgehead atoms. The first-order valence-corrected chi connectivity index (χ1v) is 5.38. The van der Waals surface area contributed by atoms with E-state index >= 15 is 0 Å². The molecule has 2 aromatic rings. The van der Waals surface area contributed by atoms with Crippen molar-refractivity contribution in [3.8, 4) is 5.69 Å². The number of halogens is 3. The minimum absolute atomic E-state index is 0.482. The predicted octanol–water partition coefficient (Wildman–Crippen LogP) is 4.14. The van der Waals surface area contributed by atoms with Crippen LogP contribution in [0.5, 0.6) is 0 Å². The van der Waals surface area contributed by atoms with E-state index in [2.05, 4.69) is 5.10 Å². The molecule has 0 amide bonds. The Morgan fingerprint density at radius 1 is 1.13 bits per heavy atom. The second-order valence-corrected chi connectivity index (χ2v) is 4.37. The summed E-state index contributed by atoms with van der Waals surface area (Å²) >= 11 is 17.9. The van der Waals surface area contributed by atoms with Crippen molar-refractivity contribution in [2.75, 3.05) is 0 Å². The van der Waals surface area contributed by atoms with E-state index < -0.39 is 0 Å². The van der Waals surface area contributed by atoms with Crippen molar-refractivity contribution in [3.63, 3.8) is 0 Å². The smallest absolute Gasteiger partial charge is 0.102 e. The van der Waals surface area contributed by atoms with Gasteiger partial charge in [-0.15, -0.1) is 0 Å². The number of rotatable bonds is 1. The van der Waals surface area contributed by atoms with E-state index in [1.165, 1.54) is 0 Å². The largest absolute Gasteiger partial charge is 0.238 e. The molecule has 0 aliphatic rings. The lowest BCUT2D eigenvalue weighted by Gasteiger charge is -2.07. The van der Waals surface area contributed by atoms with Crippen LogP contribution in [0.1, 0.15) is 5.69 Å². The molecule has 2 nitrogen and oxygen atoms in total. The van der Waals surface area contributed by atoms with Gasteiger partial charge in [-0.3, -0.25) is 0 Å². The Labute approximate surface area is 102 Å². The Bertz CT molecular complexity index is 482. The Balaban J connectivity index is 2.62. The Morgan fingerprint density at radius 2 is 1.73 bits per heavy atom. The molecule has 0 aliphatic carbocycles. The van der Waals surface area contributed by atoms with Crippen molar-refractivity contribution in [1.82, 2.24) is 9.78 Å². The summed E-state index contributed by atoms with van der Waals surface area (Å²) < 4.78 is 1.64. The van der Waals surface area contributed by atoms with Crippen molar-refractivity contribution in [3.05, 3.63) is 45.2 Å². The summed E-state index contributed by atoms with van der Waals surface area (Å²) in [6, 6.07) is 5.16. The first kappa shape index (κ1) is 10.8. The highest BCUT2D eigenvalue weighted by Gasteiger charge is 2.10. The molecule has 78 valence electrons. The first-order chi connectivity index (χ1) is 7.08. The van der Waals surface area contributed by atoms with Gasteiger partial charge in [-0.2, -0.15) is 5.10 Å². The van der Waals surface area contributed by atoms with Gasteiger partial charge in [-0.1, -0.05) is 34.8 Å². The van der Waals surface area contributed by atoms with Crippen LogP contribution in [0.25, 0.3) is 5.69 Å². The van der Waals surface area contributed by atoms with E-state index in [0.29, 0.717) is 20.8 Å². The summed E-state index contributed by atoms with van der Waals surface area (Å²) in [6.07, 6.45) is 1.80. The summed E-state index contributed by atoms with van der Waals surface area (Å²) in [7, 11) is 0. The molecule has 0 N–H and O–H groups in total. The molecular formula is C10H7Cl3N2. The summed E-state index contributed by atoms with van der Waals surface area (Å²) in [4.78, 5) is 0. The highest BCUT2D eigenvalue weighted by atomic mass is 35.5. The van der Waals surface area contributed by atoms with Gasteiger partial charge < -0.3 is 0 Å². The van der Waals surface area contributed by atoms with Gasteiger partial charge in [-0.05, 0) is 25.1 Å². The molecule has 2 rings (SSSR count). The number of aryl methyl sites for hydroxylation is 1. The molecule has 0 aliphatic heterocycles. The van der Waals surface area contributed by atoms with Crippen molar-refractivity contribution in [2.45, 2.75) is 6.92 Å². The lowest BCUT2D eigenvalue weighted by molar-refractivity contribution is 0.863. The average molecular weight is 262 g/mol. The van der Waals surface area contributed by atoms with Gasteiger partial charge in [-0.25, -0.2) is 4.68 Å². The second-order valence-electron chi connectivity index (χ2n) is 3.12. The van der Waals surface area contributed by atoms with Crippen molar-refractivity contribution in [1.29, 1.82) is 0 Å². The summed E-state index contributed by atoms with van der Waals surface area (Å²) in [5, 5.41) is 5.71. The molecule has 15 heavy (non-hydrogen) atoms. The van der Waals surface area contributed by atoms with Gasteiger partial charge in [0.15, 0.2) is 0 Å². The minimum Gasteiger partial charge on any atom is -0.238 e. The van der Waals surface area contributed by atoms with E-state index in [4.69, 9.17) is 34.8 Å². The number of nitrogens with zero attached hydrogens (tertiary/aromatic N) is 2. The van der Waals surface area contributed by atoms with Crippen LogP contribution in [0.2, 0.25) is 15.1 Å². The molecule has 1 aromatic heterocycles. The monoisotopic (exact) mass is 260 g/mol. The zero-order valence-corrected chi connectivity index (χ0v) is 10.1. The first-order valence-electron chi connectivity index (χ1n) is 4.25. The number of benzene rings is 1. The number of hydrogen-bond donors (Lipinski definition) is 0. The molecule has 1 heterocycles. The molecule has 0 fully saturated rings. The Kier molecular flexibility index (Phi) is 2.91. The highest BCUT2D eigenvalue weighted by molar-refractivity contribution is 6.40. The van der Waals surface area contributed by atoms with Gasteiger partial charge in [0.2, 0.25) is 0 Å². The third-order valence-corrected chi connectivity index (χ3v) is 2.73. The zero-order chi connectivity index (χ0) is 11.0. The van der Waals surface area contributed by atoms with Gasteiger partial charge in [0.05, 0.1) is 15.7 Å². The zero-order valence-electron chi connectivity index (χ0n) is 7.84. The molecule has 0 atom stereocenters. The molecule has 0 saturated heterocycles. The Hall–Kier alpha value is -0.700. The van der Waals surface area contributed by atoms with Crippen molar-refractivity contribution >= 4 is 34.8 Å². The number of hydrogen-bond acceptors (Lipinski definition) is 1. The van der Waals surface area contributed by atoms with Crippen LogP contribution < -0.4 is 0 Å². The fourth-order valence-corrected chi connectivity index (χ4v) is 2.28. The summed E-state index contributed by atoms with van der Waals surface area (Å²) in [5.74, 6) is 0. The topological polar surface area (TPSA) is 17.8 Å². The van der Waals surface area contributed by atoms with Gasteiger partial charge in [0.25, 0.3) is 0 Å². The molecule has 0 radical (unpaired) electrons. The standard InChI is InChI=1S/C10H7Cl3N2/c1-6-2-3-15(14-6)10-8(12)4-7(11)5-9(10)13/h2-5H,1H3. The Morgan fingerprint density at radius 3 is 2.20 bits per heavy atom. The normalized spacial score (nSPS) is 10.7. The molecule has 5 heteroatoms. The molecular weight excluding hydrogens is 254 g/mol. The van der Waals surface area contributed by atoms with E-state index in [0.717, 1.165) is 5.69 Å². The summed E-state index contributed by atoms with van der Waals surface area (Å²) in [6.45, 7) is 1.90. The van der Waals surface area contributed by atoms with Gasteiger partial charge in [0.1, 0.15) is 5.69 Å². The van der Waals surface area contributed by atoms with Crippen LogP contribution in [0.4, 0.5) is 0 Å². The molecule has 0 unspecified atom stereocenters. The lowest BCUT2D eigenvalue weighted by atomic mass is 10.3. The SMILES string of the molecule is Cc1ccn(-c2c(Cl)cc(Cl)cc2Cl)n1. The second kappa shape index (κ2) is 4.05. The van der Waals surface area contributed by atoms with Gasteiger partial charge in [0, 0.05) is 11.2 Å². The fraction of sp³-hybridized carbons (Fsp3) is 0.100. The van der Waals surface area contributed by atoms with Crippen molar-refractivity contribution < 1.29 is 0 Å². The van der Waals surface area contributed by atoms with Crippen molar-refractivity contribution in [2.24, 2.45) is 0 Å². The lowest BCUT2D eigenvalue weighted by Crippen LogP contribution is -1.97. The highest BCUT2D eigenvalue weighted by Crippen LogP contribution is 2.31. The van der Waals surface area contributed by atoms with Crippen LogP contribution in [0.15, 0.2) is 24.4 Å². The number of aromatic nitrogens is 2. The maximum atomic E-state index is 6.05. The minimum atomic E-state index is 0.482. The molecule has 0 saturated carbocycles. The molecule has 0 spiro atoms. The quantitative estimate of drug-likeness (QED) is 0.754. The van der Waals surface area contributed by atoms with Crippen LogP contribution in [0.3, 0.4) is 0 Å².